The Kier molecular flexibility index (Phi) is 10.8. The van der Waals surface area contributed by atoms with Gasteiger partial charge in [-0.1, -0.05) is 40.9 Å². The van der Waals surface area contributed by atoms with Crippen LogP contribution in [-0.2, 0) is 20.7 Å². The van der Waals surface area contributed by atoms with Crippen LogP contribution in [0, 0.1) is 69.2 Å². The summed E-state index contributed by atoms with van der Waals surface area (Å²) in [4.78, 5) is 30.4. The van der Waals surface area contributed by atoms with E-state index >= 15 is 0 Å². The molecule has 1 radical (unpaired) electrons. The molecule has 0 aliphatic carbocycles. The number of phenolic OH excluding ortho intramolecular Hbond substituents is 2. The molecule has 7 rings (SSSR count). The predicted molar refractivity (Wildman–Crippen MR) is 179 cm³/mol. The molecule has 1 unspecified atom stereocenters. The molecule has 7 atom stereocenters. The monoisotopic (exact) mass is 981 g/mol. The molecule has 5 aliphatic rings. The van der Waals surface area contributed by atoms with Crippen LogP contribution in [0.25, 0.3) is 0 Å². The van der Waals surface area contributed by atoms with Crippen molar-refractivity contribution in [1.82, 2.24) is 15.1 Å². The number of fused-ring (bicyclic) bond motifs is 9. The molecule has 18 heteroatoms. The fourth-order valence-corrected chi connectivity index (χ4v) is 9.81. The summed E-state index contributed by atoms with van der Waals surface area (Å²) in [5.74, 6) is 0.388. The number of halogens is 3. The molecule has 50 heavy (non-hydrogen) atoms. The van der Waals surface area contributed by atoms with Gasteiger partial charge >= 0.3 is 12.1 Å². The first-order chi connectivity index (χ1) is 23.3. The first kappa shape index (κ1) is 38.0. The van der Waals surface area contributed by atoms with Gasteiger partial charge in [-0.25, -0.2) is 9.59 Å². The molecule has 2 aromatic rings. The van der Waals surface area contributed by atoms with Gasteiger partial charge in [-0.2, -0.15) is 5.26 Å². The number of nitrogens with zero attached hydrogens (tertiary/aromatic N) is 3. The van der Waals surface area contributed by atoms with E-state index < -0.39 is 57.9 Å². The number of phenols is 2. The third-order valence-electron chi connectivity index (χ3n) is 10.1. The molecule has 0 aromatic heterocycles. The van der Waals surface area contributed by atoms with E-state index in [1.54, 1.807) is 6.92 Å². The number of methoxy groups -OCH3 is 1. The Bertz CT molecular complexity index is 1790. The summed E-state index contributed by atoms with van der Waals surface area (Å²) in [5.41, 5.74) is 3.92. The summed E-state index contributed by atoms with van der Waals surface area (Å²) in [6, 6.07) is 0.514. The molecular formula is C32H33AcCl3N4O9S. The molecule has 5 aliphatic heterocycles. The number of carbonyl (C=O) groups is 2. The quantitative estimate of drug-likeness (QED) is 0.292. The van der Waals surface area contributed by atoms with Crippen LogP contribution in [0.5, 0.6) is 28.7 Å². The minimum absolute atomic E-state index is 0. The zero-order valence-corrected chi connectivity index (χ0v) is 35.2. The summed E-state index contributed by atoms with van der Waals surface area (Å²) in [6.45, 7) is 2.72. The van der Waals surface area contributed by atoms with Crippen LogP contribution < -0.4 is 19.5 Å². The number of alkyl carbamates (subject to hydrolysis) is 1. The maximum absolute atomic E-state index is 13.6. The van der Waals surface area contributed by atoms with Crippen molar-refractivity contribution in [2.75, 3.05) is 39.9 Å². The summed E-state index contributed by atoms with van der Waals surface area (Å²) >= 11 is 18.5. The fourth-order valence-electron chi connectivity index (χ4n) is 8.14. The second-order valence-corrected chi connectivity index (χ2v) is 16.4. The van der Waals surface area contributed by atoms with Crippen molar-refractivity contribution in [3.8, 4) is 34.8 Å². The molecule has 0 spiro atoms. The number of hydrogen-bond acceptors (Lipinski definition) is 13. The van der Waals surface area contributed by atoms with Crippen molar-refractivity contribution in [2.24, 2.45) is 0 Å². The number of amides is 1. The number of thioether (sulfide) groups is 1. The average Bonchev–Trinajstić information content (AvgIpc) is 3.54. The van der Waals surface area contributed by atoms with Gasteiger partial charge in [-0.3, -0.25) is 9.80 Å². The molecule has 5 heterocycles. The number of cyclic esters (lactones) is 1. The summed E-state index contributed by atoms with van der Waals surface area (Å²) in [7, 11) is 3.43. The largest absolute Gasteiger partial charge is 0.507 e. The number of rotatable bonds is 3. The van der Waals surface area contributed by atoms with Crippen LogP contribution >= 0.6 is 46.6 Å². The molecule has 265 valence electrons. The zero-order chi connectivity index (χ0) is 35.1. The first-order valence-corrected chi connectivity index (χ1v) is 17.7. The summed E-state index contributed by atoms with van der Waals surface area (Å²) < 4.78 is 26.5. The van der Waals surface area contributed by atoms with Crippen molar-refractivity contribution in [1.29, 1.82) is 5.26 Å². The number of esters is 1. The van der Waals surface area contributed by atoms with E-state index in [1.807, 2.05) is 20.0 Å². The Morgan fingerprint density at radius 2 is 1.88 bits per heavy atom. The molecule has 4 bridgehead atoms. The predicted octanol–water partition coefficient (Wildman–Crippen LogP) is 4.48. The number of aromatic hydroxyl groups is 2. The number of piperazine rings is 1. The third-order valence-corrected chi connectivity index (χ3v) is 11.8. The molecule has 2 saturated heterocycles. The Labute approximate surface area is 343 Å². The van der Waals surface area contributed by atoms with E-state index in [2.05, 4.69) is 21.2 Å². The van der Waals surface area contributed by atoms with Crippen molar-refractivity contribution < 1.29 is 87.5 Å². The second-order valence-electron chi connectivity index (χ2n) is 12.7. The standard InChI is InChI=1S/C32H33Cl3N4O9S.Ac/c1-12-5-14-6-16-17(7-36)39-18-8-45-30(42)15(37-31(43)46-10-32(33,34)35)9-49-29(21-20(18)28-27(47-11-48-28)13(2)24(21)40)23(39)22(38(16)3)19(14)25(41)26(12)44-4;/h5,15-18,22-23,29,40-41H,6,8-11H2,1-4H3,(H,37,43);/t15-,16+,17+,18+,22-,23?,29-;/m1./s1. The first-order valence-electron chi connectivity index (χ1n) is 15.5. The number of alkyl halides is 3. The van der Waals surface area contributed by atoms with E-state index in [0.29, 0.717) is 45.9 Å². The number of ether oxygens (including phenoxy) is 5. The van der Waals surface area contributed by atoms with Crippen LogP contribution in [-0.4, -0.2) is 100.0 Å². The SMILES string of the molecule is COc1c(C)cc2c(c1O)[C@@H]1C3[C@@H]4SC[C@@H](NC(=O)OCC(Cl)(Cl)Cl)C(=O)OC[C@@H](c5c6c(c(C)c(O)c54)OCO6)N3[C@@H](C#N)[C@H](C2)N1C.[Ac]. The molecule has 2 fully saturated rings. The maximum Gasteiger partial charge on any atom is 0.408 e. The van der Waals surface area contributed by atoms with Crippen molar-refractivity contribution in [3.05, 3.63) is 39.4 Å². The van der Waals surface area contributed by atoms with Gasteiger partial charge in [0.15, 0.2) is 23.0 Å². The van der Waals surface area contributed by atoms with Crippen LogP contribution in [0.3, 0.4) is 0 Å². The fraction of sp³-hybridized carbons (Fsp3) is 0.531. The van der Waals surface area contributed by atoms with Gasteiger partial charge in [-0.15, -0.1) is 11.8 Å². The minimum Gasteiger partial charge on any atom is -0.507 e. The molecule has 2 aromatic carbocycles. The Morgan fingerprint density at radius 1 is 1.16 bits per heavy atom. The molecule has 0 saturated carbocycles. The Balaban J connectivity index is 0.00000432. The topological polar surface area (TPSA) is 163 Å². The zero-order valence-electron chi connectivity index (χ0n) is 27.4. The van der Waals surface area contributed by atoms with Crippen LogP contribution in [0.2, 0.25) is 0 Å². The van der Waals surface area contributed by atoms with E-state index in [-0.39, 0.29) is 80.8 Å². The molecule has 13 nitrogen and oxygen atoms in total. The van der Waals surface area contributed by atoms with Gasteiger partial charge in [-0.05, 0) is 38.4 Å². The number of likely N-dealkylation sites (N-methyl/N-ethyl adjacent to an activating group) is 1. The van der Waals surface area contributed by atoms with Crippen LogP contribution in [0.15, 0.2) is 6.07 Å². The number of hydrogen-bond donors (Lipinski definition) is 3. The van der Waals surface area contributed by atoms with Crippen molar-refractivity contribution >= 4 is 58.6 Å². The van der Waals surface area contributed by atoms with Gasteiger partial charge in [0.05, 0.1) is 30.5 Å². The van der Waals surface area contributed by atoms with Gasteiger partial charge in [0.25, 0.3) is 0 Å². The minimum atomic E-state index is -1.86. The van der Waals surface area contributed by atoms with Gasteiger partial charge in [0.1, 0.15) is 31.0 Å². The van der Waals surface area contributed by atoms with E-state index in [1.165, 1.54) is 18.9 Å². The van der Waals surface area contributed by atoms with Crippen molar-refractivity contribution in [2.45, 2.75) is 65.6 Å². The number of nitrogens with one attached hydrogen (secondary N) is 1. The molecular weight excluding hydrogens is 950 g/mol. The molecule has 3 N–H and O–H groups in total. The van der Waals surface area contributed by atoms with E-state index in [4.69, 9.17) is 58.5 Å². The third kappa shape index (κ3) is 6.13. The number of carbonyl (C=O) groups excluding carboxylic acids is 2. The van der Waals surface area contributed by atoms with E-state index in [9.17, 15) is 25.1 Å². The summed E-state index contributed by atoms with van der Waals surface area (Å²) in [5, 5.41) is 36.5. The second kappa shape index (κ2) is 14.2. The average molecular weight is 983 g/mol. The van der Waals surface area contributed by atoms with Gasteiger partial charge in [0.2, 0.25) is 10.6 Å². The smallest absolute Gasteiger partial charge is 0.408 e. The normalized spacial score (nSPS) is 28.2. The van der Waals surface area contributed by atoms with Crippen molar-refractivity contribution in [3.63, 3.8) is 0 Å². The number of nitriles is 1. The maximum atomic E-state index is 13.6. The van der Waals surface area contributed by atoms with Crippen LogP contribution in [0.1, 0.15) is 50.7 Å². The number of benzene rings is 2. The van der Waals surface area contributed by atoms with Gasteiger partial charge < -0.3 is 39.2 Å². The number of aryl methyl sites for hydroxylation is 1. The van der Waals surface area contributed by atoms with Gasteiger partial charge in [0, 0.05) is 84.2 Å². The summed E-state index contributed by atoms with van der Waals surface area (Å²) in [6.07, 6.45) is -0.517. The molecule has 1 amide bonds. The van der Waals surface area contributed by atoms with Crippen LogP contribution in [0.4, 0.5) is 4.79 Å². The van der Waals surface area contributed by atoms with E-state index in [0.717, 1.165) is 11.1 Å². The Morgan fingerprint density at radius 3 is 2.56 bits per heavy atom. The Hall–Kier alpha value is -1.75.